The minimum absolute atomic E-state index is 0.0343. The Morgan fingerprint density at radius 2 is 1.88 bits per heavy atom. The van der Waals surface area contributed by atoms with Gasteiger partial charge in [0.1, 0.15) is 17.2 Å². The van der Waals surface area contributed by atoms with E-state index in [1.54, 1.807) is 42.2 Å². The van der Waals surface area contributed by atoms with Crippen molar-refractivity contribution in [3.05, 3.63) is 95.7 Å². The second kappa shape index (κ2) is 8.58. The monoisotopic (exact) mass is 459 g/mol. The van der Waals surface area contributed by atoms with Gasteiger partial charge in [0.2, 0.25) is 0 Å². The summed E-state index contributed by atoms with van der Waals surface area (Å²) in [4.78, 5) is 36.2. The van der Waals surface area contributed by atoms with Crippen LogP contribution in [-0.4, -0.2) is 47.2 Å². The van der Waals surface area contributed by atoms with Gasteiger partial charge in [-0.2, -0.15) is 0 Å². The zero-order valence-corrected chi connectivity index (χ0v) is 18.4. The summed E-state index contributed by atoms with van der Waals surface area (Å²) in [6, 6.07) is 10.2. The molecule has 172 valence electrons. The third-order valence-electron chi connectivity index (χ3n) is 6.03. The van der Waals surface area contributed by atoms with Crippen molar-refractivity contribution < 1.29 is 19.1 Å². The number of hydrogen-bond donors (Lipinski definition) is 1. The Morgan fingerprint density at radius 3 is 2.62 bits per heavy atom. The van der Waals surface area contributed by atoms with Crippen LogP contribution in [0.1, 0.15) is 29.4 Å². The smallest absolute Gasteiger partial charge is 0.295 e. The molecule has 4 heterocycles. The summed E-state index contributed by atoms with van der Waals surface area (Å²) in [6.07, 6.45) is 7.47. The molecule has 1 aromatic carbocycles. The quantitative estimate of drug-likeness (QED) is 0.271. The highest BCUT2D eigenvalue weighted by molar-refractivity contribution is 6.46. The number of hydrogen-bond acceptors (Lipinski definition) is 5. The Labute approximate surface area is 194 Å². The molecule has 0 spiro atoms. The van der Waals surface area contributed by atoms with Gasteiger partial charge in [0.05, 0.1) is 23.6 Å². The number of aliphatic hydroxyl groups excluding tert-OH is 1. The largest absolute Gasteiger partial charge is 0.505 e. The van der Waals surface area contributed by atoms with Crippen LogP contribution < -0.4 is 0 Å². The SMILES string of the molecule is Cc1nc2ccccn2c1C(O)=C1C(=O)C(=O)N(CCCn2ccnc2)C1c1ccc(F)cc1. The lowest BCUT2D eigenvalue weighted by molar-refractivity contribution is -0.139. The average molecular weight is 459 g/mol. The Balaban J connectivity index is 1.60. The number of ketones is 1. The van der Waals surface area contributed by atoms with Crippen molar-refractivity contribution in [2.45, 2.75) is 25.9 Å². The Hall–Kier alpha value is -4.27. The molecule has 1 aliphatic rings. The predicted molar refractivity (Wildman–Crippen MR) is 122 cm³/mol. The van der Waals surface area contributed by atoms with Crippen molar-refractivity contribution in [2.75, 3.05) is 6.54 Å². The molecule has 0 radical (unpaired) electrons. The van der Waals surface area contributed by atoms with Gasteiger partial charge < -0.3 is 14.6 Å². The van der Waals surface area contributed by atoms with Gasteiger partial charge in [0.15, 0.2) is 5.76 Å². The predicted octanol–water partition coefficient (Wildman–Crippen LogP) is 3.49. The minimum Gasteiger partial charge on any atom is -0.505 e. The zero-order valence-electron chi connectivity index (χ0n) is 18.4. The summed E-state index contributed by atoms with van der Waals surface area (Å²) in [6.45, 7) is 2.61. The number of likely N-dealkylation sites (tertiary alicyclic amines) is 1. The first-order valence-electron chi connectivity index (χ1n) is 10.9. The number of aromatic nitrogens is 4. The maximum atomic E-state index is 13.7. The van der Waals surface area contributed by atoms with Crippen LogP contribution in [0.4, 0.5) is 4.39 Å². The summed E-state index contributed by atoms with van der Waals surface area (Å²) in [5, 5.41) is 11.4. The van der Waals surface area contributed by atoms with Crippen LogP contribution in [0.3, 0.4) is 0 Å². The van der Waals surface area contributed by atoms with E-state index in [4.69, 9.17) is 0 Å². The van der Waals surface area contributed by atoms with E-state index in [-0.39, 0.29) is 17.9 Å². The fraction of sp³-hybridized carbons (Fsp3) is 0.200. The van der Waals surface area contributed by atoms with Crippen molar-refractivity contribution in [1.29, 1.82) is 0 Å². The van der Waals surface area contributed by atoms with Crippen molar-refractivity contribution in [3.63, 3.8) is 0 Å². The number of nitrogens with zero attached hydrogens (tertiary/aromatic N) is 5. The zero-order chi connectivity index (χ0) is 23.8. The molecule has 0 bridgehead atoms. The molecule has 0 saturated carbocycles. The summed E-state index contributed by atoms with van der Waals surface area (Å²) < 4.78 is 17.2. The topological polar surface area (TPSA) is 92.7 Å². The van der Waals surface area contributed by atoms with Crippen LogP contribution in [0.25, 0.3) is 11.4 Å². The summed E-state index contributed by atoms with van der Waals surface area (Å²) >= 11 is 0. The van der Waals surface area contributed by atoms with E-state index in [1.807, 2.05) is 16.8 Å². The van der Waals surface area contributed by atoms with E-state index in [0.717, 1.165) is 0 Å². The number of amides is 1. The van der Waals surface area contributed by atoms with Crippen LogP contribution in [-0.2, 0) is 16.1 Å². The molecule has 3 aromatic heterocycles. The van der Waals surface area contributed by atoms with E-state index in [2.05, 4.69) is 9.97 Å². The first-order chi connectivity index (χ1) is 16.5. The van der Waals surface area contributed by atoms with Gasteiger partial charge in [-0.1, -0.05) is 18.2 Å². The third-order valence-corrected chi connectivity index (χ3v) is 6.03. The van der Waals surface area contributed by atoms with Crippen LogP contribution >= 0.6 is 0 Å². The summed E-state index contributed by atoms with van der Waals surface area (Å²) in [5.74, 6) is -2.22. The molecule has 1 atom stereocenters. The number of Topliss-reactive ketones (excluding diaryl/α,β-unsaturated/α-hetero) is 1. The lowest BCUT2D eigenvalue weighted by Crippen LogP contribution is -2.31. The van der Waals surface area contributed by atoms with Crippen molar-refractivity contribution >= 4 is 23.1 Å². The highest BCUT2D eigenvalue weighted by Gasteiger charge is 2.46. The third kappa shape index (κ3) is 3.64. The van der Waals surface area contributed by atoms with E-state index >= 15 is 0 Å². The Kier molecular flexibility index (Phi) is 5.45. The standard InChI is InChI=1S/C25H22FN5O3/c1-16-21(30-12-3-2-5-19(30)28-16)23(32)20-22(17-6-8-18(26)9-7-17)31(25(34)24(20)33)13-4-11-29-14-10-27-15-29/h2-3,5-10,12,14-15,22,32H,4,11,13H2,1H3. The molecule has 34 heavy (non-hydrogen) atoms. The van der Waals surface area contributed by atoms with Gasteiger partial charge in [0, 0.05) is 31.7 Å². The lowest BCUT2D eigenvalue weighted by atomic mass is 9.96. The van der Waals surface area contributed by atoms with E-state index < -0.39 is 23.5 Å². The number of carbonyl (C=O) groups is 2. The molecular weight excluding hydrogens is 437 g/mol. The molecular formula is C25H22FN5O3. The van der Waals surface area contributed by atoms with E-state index in [1.165, 1.54) is 29.2 Å². The maximum Gasteiger partial charge on any atom is 0.295 e. The second-order valence-corrected chi connectivity index (χ2v) is 8.17. The Morgan fingerprint density at radius 1 is 1.09 bits per heavy atom. The minimum atomic E-state index is -0.850. The molecule has 1 saturated heterocycles. The number of halogens is 1. The molecule has 5 rings (SSSR count). The summed E-state index contributed by atoms with van der Waals surface area (Å²) in [5.41, 5.74) is 1.98. The molecule has 8 nitrogen and oxygen atoms in total. The highest BCUT2D eigenvalue weighted by Crippen LogP contribution is 2.40. The van der Waals surface area contributed by atoms with Gasteiger partial charge in [0.25, 0.3) is 11.7 Å². The molecule has 9 heteroatoms. The van der Waals surface area contributed by atoms with Crippen molar-refractivity contribution in [1.82, 2.24) is 23.8 Å². The van der Waals surface area contributed by atoms with Gasteiger partial charge in [-0.05, 0) is 43.2 Å². The number of aryl methyl sites for hydroxylation is 2. The molecule has 1 aliphatic heterocycles. The molecule has 1 fully saturated rings. The maximum absolute atomic E-state index is 13.7. The number of pyridine rings is 1. The molecule has 0 aliphatic carbocycles. The number of rotatable bonds is 6. The van der Waals surface area contributed by atoms with Crippen molar-refractivity contribution in [3.8, 4) is 0 Å². The van der Waals surface area contributed by atoms with Crippen LogP contribution in [0, 0.1) is 12.7 Å². The first kappa shape index (κ1) is 21.6. The number of fused-ring (bicyclic) bond motifs is 1. The average Bonchev–Trinajstić information content (AvgIpc) is 3.52. The van der Waals surface area contributed by atoms with Gasteiger partial charge in [-0.3, -0.25) is 14.0 Å². The fourth-order valence-corrected chi connectivity index (χ4v) is 4.47. The number of carbonyl (C=O) groups excluding carboxylic acids is 2. The molecule has 1 amide bonds. The van der Waals surface area contributed by atoms with Crippen LogP contribution in [0.2, 0.25) is 0 Å². The van der Waals surface area contributed by atoms with E-state index in [0.29, 0.717) is 35.6 Å². The van der Waals surface area contributed by atoms with Gasteiger partial charge in [-0.15, -0.1) is 0 Å². The summed E-state index contributed by atoms with van der Waals surface area (Å²) in [7, 11) is 0. The fourth-order valence-electron chi connectivity index (χ4n) is 4.47. The molecule has 1 unspecified atom stereocenters. The Bertz CT molecular complexity index is 1410. The highest BCUT2D eigenvalue weighted by atomic mass is 19.1. The number of benzene rings is 1. The first-order valence-corrected chi connectivity index (χ1v) is 10.9. The van der Waals surface area contributed by atoms with E-state index in [9.17, 15) is 19.1 Å². The van der Waals surface area contributed by atoms with Gasteiger partial charge >= 0.3 is 0 Å². The molecule has 1 N–H and O–H groups in total. The number of aliphatic hydroxyl groups is 1. The second-order valence-electron chi connectivity index (χ2n) is 8.17. The van der Waals surface area contributed by atoms with Crippen LogP contribution in [0.15, 0.2) is 73.0 Å². The lowest BCUT2D eigenvalue weighted by Gasteiger charge is -2.25. The van der Waals surface area contributed by atoms with Crippen molar-refractivity contribution in [2.24, 2.45) is 0 Å². The normalized spacial score (nSPS) is 17.7. The van der Waals surface area contributed by atoms with Gasteiger partial charge in [-0.25, -0.2) is 14.4 Å². The molecule has 4 aromatic rings. The van der Waals surface area contributed by atoms with Crippen LogP contribution in [0.5, 0.6) is 0 Å². The number of imidazole rings is 2.